The molecule has 0 aromatic heterocycles. The van der Waals surface area contributed by atoms with Crippen LogP contribution in [-0.2, 0) is 16.8 Å². The first-order valence-electron chi connectivity index (χ1n) is 7.45. The Hall–Kier alpha value is -2.06. The van der Waals surface area contributed by atoms with Crippen molar-refractivity contribution in [2.24, 2.45) is 5.92 Å². The van der Waals surface area contributed by atoms with Gasteiger partial charge in [0.15, 0.2) is 0 Å². The van der Waals surface area contributed by atoms with Crippen LogP contribution in [0.5, 0.6) is 0 Å². The standard InChI is InChI=1S/C19H16ClNO/c1-2-14-11-19(14)16-10-15(20)8-9-17(16)21(18(19)22)12-13-6-4-3-5-7-13/h2-10,14H,1,11-12H2/t14-,19+/m0/s1. The molecular weight excluding hydrogens is 294 g/mol. The molecule has 0 bridgehead atoms. The van der Waals surface area contributed by atoms with Crippen LogP contribution in [0.4, 0.5) is 5.69 Å². The van der Waals surface area contributed by atoms with E-state index in [1.807, 2.05) is 59.5 Å². The van der Waals surface area contributed by atoms with E-state index in [-0.39, 0.29) is 11.8 Å². The smallest absolute Gasteiger partial charge is 0.238 e. The van der Waals surface area contributed by atoms with Gasteiger partial charge >= 0.3 is 0 Å². The summed E-state index contributed by atoms with van der Waals surface area (Å²) in [5, 5.41) is 0.683. The highest BCUT2D eigenvalue weighted by Gasteiger charge is 2.65. The minimum atomic E-state index is -0.420. The number of rotatable bonds is 3. The second-order valence-corrected chi connectivity index (χ2v) is 6.49. The third-order valence-corrected chi connectivity index (χ3v) is 5.07. The molecule has 2 aromatic carbocycles. The van der Waals surface area contributed by atoms with Crippen LogP contribution in [0.3, 0.4) is 0 Å². The van der Waals surface area contributed by atoms with Crippen molar-refractivity contribution < 1.29 is 4.79 Å². The largest absolute Gasteiger partial charge is 0.307 e. The molecule has 0 N–H and O–H groups in total. The summed E-state index contributed by atoms with van der Waals surface area (Å²) < 4.78 is 0. The molecule has 2 aliphatic rings. The van der Waals surface area contributed by atoms with Gasteiger partial charge in [0.05, 0.1) is 12.0 Å². The molecule has 1 amide bonds. The zero-order valence-electron chi connectivity index (χ0n) is 12.1. The molecule has 2 nitrogen and oxygen atoms in total. The summed E-state index contributed by atoms with van der Waals surface area (Å²) in [6, 6.07) is 15.8. The first-order chi connectivity index (χ1) is 10.7. The summed E-state index contributed by atoms with van der Waals surface area (Å²) in [6.45, 7) is 4.47. The number of hydrogen-bond acceptors (Lipinski definition) is 1. The molecule has 22 heavy (non-hydrogen) atoms. The third kappa shape index (κ3) is 1.77. The molecule has 2 aromatic rings. The molecule has 2 atom stereocenters. The number of nitrogens with zero attached hydrogens (tertiary/aromatic N) is 1. The molecule has 0 saturated heterocycles. The van der Waals surface area contributed by atoms with Crippen molar-refractivity contribution in [2.45, 2.75) is 18.4 Å². The maximum atomic E-state index is 13.1. The summed E-state index contributed by atoms with van der Waals surface area (Å²) in [7, 11) is 0. The molecule has 0 unspecified atom stereocenters. The quantitative estimate of drug-likeness (QED) is 0.773. The second kappa shape index (κ2) is 4.72. The topological polar surface area (TPSA) is 20.3 Å². The van der Waals surface area contributed by atoms with Crippen LogP contribution in [-0.4, -0.2) is 5.91 Å². The Morgan fingerprint density at radius 2 is 2.05 bits per heavy atom. The molecule has 4 rings (SSSR count). The van der Waals surface area contributed by atoms with Gasteiger partial charge in [0.2, 0.25) is 5.91 Å². The summed E-state index contributed by atoms with van der Waals surface area (Å²) in [5.74, 6) is 0.400. The number of anilines is 1. The minimum absolute atomic E-state index is 0.179. The molecule has 110 valence electrons. The molecule has 1 heterocycles. The van der Waals surface area contributed by atoms with E-state index in [1.54, 1.807) is 0 Å². The maximum Gasteiger partial charge on any atom is 0.238 e. The Bertz CT molecular complexity index is 770. The Kier molecular flexibility index (Phi) is 2.92. The van der Waals surface area contributed by atoms with Gasteiger partial charge < -0.3 is 4.90 Å². The average Bonchev–Trinajstić information content (AvgIpc) is 3.24. The SMILES string of the molecule is C=C[C@H]1C[C@@]12C(=O)N(Cc1ccccc1)c1ccc(Cl)cc12. The Balaban J connectivity index is 1.79. The van der Waals surface area contributed by atoms with Crippen molar-refractivity contribution in [2.75, 3.05) is 4.90 Å². The Morgan fingerprint density at radius 1 is 1.27 bits per heavy atom. The molecule has 1 spiro atoms. The first kappa shape index (κ1) is 13.6. The number of benzene rings is 2. The fourth-order valence-electron chi connectivity index (χ4n) is 3.62. The molecule has 0 radical (unpaired) electrons. The number of allylic oxidation sites excluding steroid dienone is 1. The van der Waals surface area contributed by atoms with Gasteiger partial charge in [-0.2, -0.15) is 0 Å². The normalized spacial score (nSPS) is 25.4. The van der Waals surface area contributed by atoms with E-state index in [0.717, 1.165) is 23.2 Å². The van der Waals surface area contributed by atoms with Gasteiger partial charge in [-0.15, -0.1) is 6.58 Å². The van der Waals surface area contributed by atoms with Crippen LogP contribution in [0.25, 0.3) is 0 Å². The Morgan fingerprint density at radius 3 is 2.73 bits per heavy atom. The summed E-state index contributed by atoms with van der Waals surface area (Å²) >= 11 is 6.17. The van der Waals surface area contributed by atoms with Gasteiger partial charge in [-0.25, -0.2) is 0 Å². The molecule has 3 heteroatoms. The minimum Gasteiger partial charge on any atom is -0.307 e. The Labute approximate surface area is 135 Å². The van der Waals surface area contributed by atoms with Gasteiger partial charge in [0, 0.05) is 10.7 Å². The summed E-state index contributed by atoms with van der Waals surface area (Å²) in [4.78, 5) is 15.0. The van der Waals surface area contributed by atoms with Gasteiger partial charge in [-0.1, -0.05) is 48.0 Å². The van der Waals surface area contributed by atoms with Crippen molar-refractivity contribution in [3.63, 3.8) is 0 Å². The van der Waals surface area contributed by atoms with Gasteiger partial charge in [-0.3, -0.25) is 4.79 Å². The van der Waals surface area contributed by atoms with E-state index < -0.39 is 5.41 Å². The van der Waals surface area contributed by atoms with Crippen LogP contribution < -0.4 is 4.90 Å². The van der Waals surface area contributed by atoms with E-state index in [0.29, 0.717) is 11.6 Å². The summed E-state index contributed by atoms with van der Waals surface area (Å²) in [6.07, 6.45) is 2.74. The highest BCUT2D eigenvalue weighted by molar-refractivity contribution is 6.31. The van der Waals surface area contributed by atoms with Crippen LogP contribution in [0, 0.1) is 5.92 Å². The lowest BCUT2D eigenvalue weighted by atomic mass is 9.95. The van der Waals surface area contributed by atoms with E-state index in [2.05, 4.69) is 6.58 Å². The fraction of sp³-hybridized carbons (Fsp3) is 0.211. The fourth-order valence-corrected chi connectivity index (χ4v) is 3.79. The van der Waals surface area contributed by atoms with Crippen LogP contribution >= 0.6 is 11.6 Å². The van der Waals surface area contributed by atoms with Crippen LogP contribution in [0.2, 0.25) is 5.02 Å². The molecule has 1 saturated carbocycles. The predicted octanol–water partition coefficient (Wildman–Crippen LogP) is 4.33. The van der Waals surface area contributed by atoms with E-state index in [4.69, 9.17) is 11.6 Å². The highest BCUT2D eigenvalue weighted by Crippen LogP contribution is 2.62. The number of carbonyl (C=O) groups excluding carboxylic acids is 1. The van der Waals surface area contributed by atoms with E-state index >= 15 is 0 Å². The van der Waals surface area contributed by atoms with Crippen molar-refractivity contribution in [1.82, 2.24) is 0 Å². The van der Waals surface area contributed by atoms with Crippen molar-refractivity contribution in [1.29, 1.82) is 0 Å². The molecule has 1 fully saturated rings. The molecular formula is C19H16ClNO. The summed E-state index contributed by atoms with van der Waals surface area (Å²) in [5.41, 5.74) is 2.76. The molecule has 1 aliphatic heterocycles. The van der Waals surface area contributed by atoms with Gasteiger partial charge in [0.25, 0.3) is 0 Å². The number of fused-ring (bicyclic) bond motifs is 2. The zero-order valence-corrected chi connectivity index (χ0v) is 12.9. The van der Waals surface area contributed by atoms with Crippen LogP contribution in [0.1, 0.15) is 17.5 Å². The van der Waals surface area contributed by atoms with Crippen molar-refractivity contribution >= 4 is 23.2 Å². The second-order valence-electron chi connectivity index (χ2n) is 6.06. The van der Waals surface area contributed by atoms with Gasteiger partial charge in [0.1, 0.15) is 0 Å². The molecule has 1 aliphatic carbocycles. The van der Waals surface area contributed by atoms with Gasteiger partial charge in [-0.05, 0) is 41.7 Å². The van der Waals surface area contributed by atoms with Crippen molar-refractivity contribution in [3.8, 4) is 0 Å². The number of amides is 1. The lowest BCUT2D eigenvalue weighted by Gasteiger charge is -2.18. The monoisotopic (exact) mass is 309 g/mol. The number of hydrogen-bond donors (Lipinski definition) is 0. The lowest BCUT2D eigenvalue weighted by molar-refractivity contribution is -0.120. The highest BCUT2D eigenvalue weighted by atomic mass is 35.5. The van der Waals surface area contributed by atoms with E-state index in [9.17, 15) is 4.79 Å². The first-order valence-corrected chi connectivity index (χ1v) is 7.83. The van der Waals surface area contributed by atoms with Crippen LogP contribution in [0.15, 0.2) is 61.2 Å². The number of carbonyl (C=O) groups is 1. The van der Waals surface area contributed by atoms with E-state index in [1.165, 1.54) is 0 Å². The predicted molar refractivity (Wildman–Crippen MR) is 89.1 cm³/mol. The zero-order chi connectivity index (χ0) is 15.3. The number of halogens is 1. The van der Waals surface area contributed by atoms with Crippen molar-refractivity contribution in [3.05, 3.63) is 77.3 Å². The average molecular weight is 310 g/mol. The third-order valence-electron chi connectivity index (χ3n) is 4.84. The maximum absolute atomic E-state index is 13.1. The lowest BCUT2D eigenvalue weighted by Crippen LogP contribution is -2.32.